The first-order chi connectivity index (χ1) is 12.3. The van der Waals surface area contributed by atoms with Crippen molar-refractivity contribution in [1.82, 2.24) is 4.98 Å². The van der Waals surface area contributed by atoms with E-state index in [9.17, 15) is 0 Å². The van der Waals surface area contributed by atoms with Crippen LogP contribution in [0.15, 0.2) is 91.0 Å². The van der Waals surface area contributed by atoms with Gasteiger partial charge in [0.1, 0.15) is 0 Å². The van der Waals surface area contributed by atoms with Gasteiger partial charge in [0.25, 0.3) is 0 Å². The van der Waals surface area contributed by atoms with E-state index in [1.807, 2.05) is 6.92 Å². The number of pyridine rings is 1. The number of nitrogens with zero attached hydrogens (tertiary/aromatic N) is 2. The molecule has 1 aromatic heterocycles. The summed E-state index contributed by atoms with van der Waals surface area (Å²) in [6, 6.07) is 31.8. The molecule has 0 unspecified atom stereocenters. The normalized spacial score (nSPS) is 10.8. The highest BCUT2D eigenvalue weighted by molar-refractivity contribution is 5.84. The summed E-state index contributed by atoms with van der Waals surface area (Å²) in [5.74, 6) is 0. The van der Waals surface area contributed by atoms with Crippen molar-refractivity contribution < 1.29 is 0 Å². The summed E-state index contributed by atoms with van der Waals surface area (Å²) in [7, 11) is 0. The second kappa shape index (κ2) is 6.78. The molecule has 0 radical (unpaired) electrons. The summed E-state index contributed by atoms with van der Waals surface area (Å²) in [6.07, 6.45) is 0. The monoisotopic (exact) mass is 324 g/mol. The van der Waals surface area contributed by atoms with Gasteiger partial charge in [0.15, 0.2) is 0 Å². The Balaban J connectivity index is 1.80. The van der Waals surface area contributed by atoms with Gasteiger partial charge in [0.2, 0.25) is 0 Å². The van der Waals surface area contributed by atoms with E-state index in [2.05, 4.69) is 95.9 Å². The molecule has 0 bridgehead atoms. The molecule has 0 aliphatic heterocycles. The molecule has 0 fully saturated rings. The summed E-state index contributed by atoms with van der Waals surface area (Å²) in [5.41, 5.74) is 5.69. The predicted molar refractivity (Wildman–Crippen MR) is 105 cm³/mol. The van der Waals surface area contributed by atoms with E-state index in [1.165, 1.54) is 16.6 Å². The molecule has 3 aromatic carbocycles. The highest BCUT2D eigenvalue weighted by Gasteiger charge is 2.11. The minimum atomic E-state index is 0.822. The van der Waals surface area contributed by atoms with Crippen LogP contribution in [-0.4, -0.2) is 4.98 Å². The number of hydrogen-bond acceptors (Lipinski definition) is 2. The number of rotatable bonds is 4. The molecule has 2 nitrogen and oxygen atoms in total. The maximum absolute atomic E-state index is 4.69. The van der Waals surface area contributed by atoms with Gasteiger partial charge < -0.3 is 4.90 Å². The fraction of sp³-hybridized carbons (Fsp3) is 0.0870. The first-order valence-electron chi connectivity index (χ1n) is 8.53. The molecular weight excluding hydrogens is 304 g/mol. The van der Waals surface area contributed by atoms with E-state index in [4.69, 9.17) is 4.98 Å². The third-order valence-electron chi connectivity index (χ3n) is 4.38. The lowest BCUT2D eigenvalue weighted by molar-refractivity contribution is 0.976. The minimum absolute atomic E-state index is 0.822. The highest BCUT2D eigenvalue weighted by Crippen LogP contribution is 2.29. The number of hydrogen-bond donors (Lipinski definition) is 0. The quantitative estimate of drug-likeness (QED) is 0.466. The van der Waals surface area contributed by atoms with Gasteiger partial charge in [-0.1, -0.05) is 60.7 Å². The third-order valence-corrected chi connectivity index (χ3v) is 4.38. The zero-order valence-electron chi connectivity index (χ0n) is 14.3. The Morgan fingerprint density at radius 2 is 1.40 bits per heavy atom. The average Bonchev–Trinajstić information content (AvgIpc) is 2.67. The van der Waals surface area contributed by atoms with Crippen molar-refractivity contribution in [1.29, 1.82) is 0 Å². The van der Waals surface area contributed by atoms with Crippen molar-refractivity contribution in [3.63, 3.8) is 0 Å². The van der Waals surface area contributed by atoms with Gasteiger partial charge in [-0.25, -0.2) is 0 Å². The Labute approximate surface area is 148 Å². The lowest BCUT2D eigenvalue weighted by atomic mass is 10.1. The number of aryl methyl sites for hydroxylation is 1. The molecule has 0 atom stereocenters. The Hall–Kier alpha value is -3.13. The molecule has 0 N–H and O–H groups in total. The summed E-state index contributed by atoms with van der Waals surface area (Å²) in [5, 5.41) is 1.17. The summed E-state index contributed by atoms with van der Waals surface area (Å²) < 4.78 is 0. The molecule has 0 amide bonds. The summed E-state index contributed by atoms with van der Waals surface area (Å²) in [4.78, 5) is 7.02. The predicted octanol–water partition coefficient (Wildman–Crippen LogP) is 5.88. The third kappa shape index (κ3) is 3.38. The first kappa shape index (κ1) is 15.4. The van der Waals surface area contributed by atoms with E-state index in [0.29, 0.717) is 0 Å². The van der Waals surface area contributed by atoms with Crippen molar-refractivity contribution in [2.45, 2.75) is 13.5 Å². The van der Waals surface area contributed by atoms with Crippen LogP contribution in [0.1, 0.15) is 11.3 Å². The van der Waals surface area contributed by atoms with E-state index >= 15 is 0 Å². The van der Waals surface area contributed by atoms with Crippen molar-refractivity contribution in [3.8, 4) is 0 Å². The second-order valence-electron chi connectivity index (χ2n) is 6.24. The molecule has 4 rings (SSSR count). The standard InChI is InChI=1S/C23H20N2/c1-18-12-13-20-14-15-22(16-23(20)24-18)25(21-10-6-3-7-11-21)17-19-8-4-2-5-9-19/h2-16H,17H2,1H3. The second-order valence-corrected chi connectivity index (χ2v) is 6.24. The van der Waals surface area contributed by atoms with Crippen molar-refractivity contribution in [3.05, 3.63) is 102 Å². The van der Waals surface area contributed by atoms with E-state index < -0.39 is 0 Å². The Morgan fingerprint density at radius 3 is 2.16 bits per heavy atom. The molecule has 25 heavy (non-hydrogen) atoms. The Morgan fingerprint density at radius 1 is 0.720 bits per heavy atom. The van der Waals surface area contributed by atoms with Gasteiger partial charge in [-0.3, -0.25) is 4.98 Å². The number of anilines is 2. The molecule has 2 heteroatoms. The SMILES string of the molecule is Cc1ccc2ccc(N(Cc3ccccc3)c3ccccc3)cc2n1. The van der Waals surface area contributed by atoms with E-state index in [0.717, 1.165) is 23.4 Å². The molecule has 0 aliphatic rings. The van der Waals surface area contributed by atoms with Crippen LogP contribution in [0.2, 0.25) is 0 Å². The van der Waals surface area contributed by atoms with Crippen molar-refractivity contribution >= 4 is 22.3 Å². The summed E-state index contributed by atoms with van der Waals surface area (Å²) >= 11 is 0. The van der Waals surface area contributed by atoms with Crippen LogP contribution in [0, 0.1) is 6.92 Å². The molecule has 0 spiro atoms. The van der Waals surface area contributed by atoms with Crippen LogP contribution in [-0.2, 0) is 6.54 Å². The topological polar surface area (TPSA) is 16.1 Å². The zero-order valence-corrected chi connectivity index (χ0v) is 14.3. The van der Waals surface area contributed by atoms with E-state index in [-0.39, 0.29) is 0 Å². The molecule has 0 aliphatic carbocycles. The average molecular weight is 324 g/mol. The zero-order chi connectivity index (χ0) is 17.1. The van der Waals surface area contributed by atoms with Crippen LogP contribution in [0.5, 0.6) is 0 Å². The number of benzene rings is 3. The van der Waals surface area contributed by atoms with Gasteiger partial charge >= 0.3 is 0 Å². The van der Waals surface area contributed by atoms with Gasteiger partial charge in [-0.15, -0.1) is 0 Å². The maximum atomic E-state index is 4.69. The Kier molecular flexibility index (Phi) is 4.17. The van der Waals surface area contributed by atoms with Crippen LogP contribution in [0.25, 0.3) is 10.9 Å². The van der Waals surface area contributed by atoms with Gasteiger partial charge in [-0.2, -0.15) is 0 Å². The van der Waals surface area contributed by atoms with Crippen molar-refractivity contribution in [2.24, 2.45) is 0 Å². The van der Waals surface area contributed by atoms with Gasteiger partial charge in [0.05, 0.1) is 5.52 Å². The number of fused-ring (bicyclic) bond motifs is 1. The smallest absolute Gasteiger partial charge is 0.0725 e. The minimum Gasteiger partial charge on any atom is -0.337 e. The van der Waals surface area contributed by atoms with Crippen LogP contribution >= 0.6 is 0 Å². The van der Waals surface area contributed by atoms with Crippen LogP contribution < -0.4 is 4.90 Å². The van der Waals surface area contributed by atoms with Crippen LogP contribution in [0.4, 0.5) is 11.4 Å². The Bertz CT molecular complexity index is 979. The molecular formula is C23H20N2. The molecule has 4 aromatic rings. The fourth-order valence-electron chi connectivity index (χ4n) is 3.08. The lowest BCUT2D eigenvalue weighted by Gasteiger charge is -2.25. The number of aromatic nitrogens is 1. The maximum Gasteiger partial charge on any atom is 0.0725 e. The molecule has 1 heterocycles. The van der Waals surface area contributed by atoms with Crippen LogP contribution in [0.3, 0.4) is 0 Å². The summed E-state index contributed by atoms with van der Waals surface area (Å²) in [6.45, 7) is 2.85. The van der Waals surface area contributed by atoms with E-state index in [1.54, 1.807) is 0 Å². The van der Waals surface area contributed by atoms with Crippen molar-refractivity contribution in [2.75, 3.05) is 4.90 Å². The lowest BCUT2D eigenvalue weighted by Crippen LogP contribution is -2.16. The molecule has 0 saturated heterocycles. The molecule has 122 valence electrons. The number of para-hydroxylation sites is 1. The van der Waals surface area contributed by atoms with Gasteiger partial charge in [0, 0.05) is 29.0 Å². The molecule has 0 saturated carbocycles. The largest absolute Gasteiger partial charge is 0.337 e. The fourth-order valence-corrected chi connectivity index (χ4v) is 3.08. The van der Waals surface area contributed by atoms with Gasteiger partial charge in [-0.05, 0) is 42.8 Å². The first-order valence-corrected chi connectivity index (χ1v) is 8.53. The highest BCUT2D eigenvalue weighted by atomic mass is 15.1.